The van der Waals surface area contributed by atoms with Gasteiger partial charge in [0.2, 0.25) is 0 Å². The number of nitrogens with two attached hydrogens (primary N) is 1. The van der Waals surface area contributed by atoms with Crippen LogP contribution < -0.4 is 5.73 Å². The number of benzene rings is 1. The number of hydrogen-bond acceptors (Lipinski definition) is 2. The third kappa shape index (κ3) is 3.43. The Balaban J connectivity index is 2.88. The molecule has 0 fully saturated rings. The molecule has 0 aliphatic rings. The average Bonchev–Trinajstić information content (AvgIpc) is 2.06. The third-order valence-electron chi connectivity index (χ3n) is 1.68. The lowest BCUT2D eigenvalue weighted by Crippen LogP contribution is -2.15. The van der Waals surface area contributed by atoms with Gasteiger partial charge in [-0.25, -0.2) is 0 Å². The maximum absolute atomic E-state index is 11.9. The van der Waals surface area contributed by atoms with Gasteiger partial charge >= 0.3 is 6.18 Å². The summed E-state index contributed by atoms with van der Waals surface area (Å²) in [4.78, 5) is 11.1. The standard InChI is InChI=1S/C9H7ClF3NO/c10-6-3-5(1-2-7(6)14)8(15)4-9(11,12)13/h1-3H,4,14H2. The van der Waals surface area contributed by atoms with E-state index >= 15 is 0 Å². The van der Waals surface area contributed by atoms with Crippen LogP contribution >= 0.6 is 11.6 Å². The minimum absolute atomic E-state index is 0.0722. The molecular weight excluding hydrogens is 231 g/mol. The minimum atomic E-state index is -4.51. The lowest BCUT2D eigenvalue weighted by atomic mass is 10.1. The number of carbonyl (C=O) groups is 1. The van der Waals surface area contributed by atoms with E-state index in [4.69, 9.17) is 17.3 Å². The van der Waals surface area contributed by atoms with Crippen molar-refractivity contribution in [2.75, 3.05) is 5.73 Å². The number of ketones is 1. The Kier molecular flexibility index (Phi) is 3.24. The van der Waals surface area contributed by atoms with E-state index in [9.17, 15) is 18.0 Å². The van der Waals surface area contributed by atoms with Gasteiger partial charge in [-0.05, 0) is 18.2 Å². The first-order chi connectivity index (χ1) is 6.79. The first-order valence-corrected chi connectivity index (χ1v) is 4.32. The number of nitrogen functional groups attached to an aromatic ring is 1. The Bertz CT molecular complexity index is 389. The highest BCUT2D eigenvalue weighted by atomic mass is 35.5. The lowest BCUT2D eigenvalue weighted by Gasteiger charge is -2.06. The van der Waals surface area contributed by atoms with Gasteiger partial charge < -0.3 is 5.73 Å². The molecule has 0 saturated heterocycles. The highest BCUT2D eigenvalue weighted by Gasteiger charge is 2.31. The van der Waals surface area contributed by atoms with Crippen molar-refractivity contribution >= 4 is 23.1 Å². The summed E-state index contributed by atoms with van der Waals surface area (Å²) >= 11 is 5.57. The molecule has 15 heavy (non-hydrogen) atoms. The lowest BCUT2D eigenvalue weighted by molar-refractivity contribution is -0.125. The van der Waals surface area contributed by atoms with Crippen molar-refractivity contribution in [1.29, 1.82) is 0 Å². The van der Waals surface area contributed by atoms with Gasteiger partial charge in [0.05, 0.1) is 10.7 Å². The molecule has 0 unspecified atom stereocenters. The van der Waals surface area contributed by atoms with Crippen LogP contribution in [0, 0.1) is 0 Å². The zero-order valence-corrected chi connectivity index (χ0v) is 8.19. The van der Waals surface area contributed by atoms with Crippen molar-refractivity contribution in [1.82, 2.24) is 0 Å². The summed E-state index contributed by atoms with van der Waals surface area (Å²) in [5, 5.41) is 0.0722. The molecule has 2 nitrogen and oxygen atoms in total. The summed E-state index contributed by atoms with van der Waals surface area (Å²) in [6.45, 7) is 0. The summed E-state index contributed by atoms with van der Waals surface area (Å²) in [6, 6.07) is 3.65. The van der Waals surface area contributed by atoms with Crippen molar-refractivity contribution in [2.24, 2.45) is 0 Å². The quantitative estimate of drug-likeness (QED) is 0.635. The number of alkyl halides is 3. The maximum atomic E-state index is 11.9. The van der Waals surface area contributed by atoms with E-state index in [1.165, 1.54) is 12.1 Å². The van der Waals surface area contributed by atoms with E-state index in [2.05, 4.69) is 0 Å². The molecule has 82 valence electrons. The summed E-state index contributed by atoms with van der Waals surface area (Å²) in [5.41, 5.74) is 5.48. The average molecular weight is 238 g/mol. The fourth-order valence-corrected chi connectivity index (χ4v) is 1.17. The number of anilines is 1. The summed E-state index contributed by atoms with van der Waals surface area (Å²) in [5.74, 6) is -1.02. The van der Waals surface area contributed by atoms with Crippen molar-refractivity contribution in [3.63, 3.8) is 0 Å². The fraction of sp³-hybridized carbons (Fsp3) is 0.222. The summed E-state index contributed by atoms with van der Waals surface area (Å²) < 4.78 is 35.7. The molecule has 0 heterocycles. The van der Waals surface area contributed by atoms with Crippen molar-refractivity contribution in [2.45, 2.75) is 12.6 Å². The maximum Gasteiger partial charge on any atom is 0.396 e. The van der Waals surface area contributed by atoms with Gasteiger partial charge in [-0.3, -0.25) is 4.79 Å². The summed E-state index contributed by atoms with van der Waals surface area (Å²) in [6.07, 6.45) is -6.00. The Morgan fingerprint density at radius 1 is 1.40 bits per heavy atom. The van der Waals surface area contributed by atoms with Crippen LogP contribution in [0.4, 0.5) is 18.9 Å². The van der Waals surface area contributed by atoms with E-state index in [-0.39, 0.29) is 16.3 Å². The predicted molar refractivity (Wildman–Crippen MR) is 50.9 cm³/mol. The molecule has 0 bridgehead atoms. The van der Waals surface area contributed by atoms with Crippen LogP contribution in [0.2, 0.25) is 5.02 Å². The van der Waals surface area contributed by atoms with E-state index in [1.807, 2.05) is 0 Å². The smallest absolute Gasteiger partial charge is 0.396 e. The topological polar surface area (TPSA) is 43.1 Å². The second-order valence-corrected chi connectivity index (χ2v) is 3.36. The SMILES string of the molecule is Nc1ccc(C(=O)CC(F)(F)F)cc1Cl. The second-order valence-electron chi connectivity index (χ2n) is 2.95. The Morgan fingerprint density at radius 2 is 2.00 bits per heavy atom. The Morgan fingerprint density at radius 3 is 2.47 bits per heavy atom. The number of halogens is 4. The van der Waals surface area contributed by atoms with Gasteiger partial charge in [-0.15, -0.1) is 0 Å². The summed E-state index contributed by atoms with van der Waals surface area (Å²) in [7, 11) is 0. The molecule has 0 saturated carbocycles. The van der Waals surface area contributed by atoms with Crippen molar-refractivity contribution in [3.8, 4) is 0 Å². The van der Waals surface area contributed by atoms with Crippen molar-refractivity contribution < 1.29 is 18.0 Å². The van der Waals surface area contributed by atoms with E-state index in [1.54, 1.807) is 0 Å². The van der Waals surface area contributed by atoms with Crippen LogP contribution in [0.3, 0.4) is 0 Å². The molecule has 0 atom stereocenters. The van der Waals surface area contributed by atoms with Crippen LogP contribution in [0.25, 0.3) is 0 Å². The molecule has 0 aromatic heterocycles. The van der Waals surface area contributed by atoms with Crippen LogP contribution in [0.5, 0.6) is 0 Å². The first kappa shape index (κ1) is 11.8. The van der Waals surface area contributed by atoms with Gasteiger partial charge in [-0.2, -0.15) is 13.2 Å². The molecule has 1 rings (SSSR count). The van der Waals surface area contributed by atoms with Crippen LogP contribution in [-0.2, 0) is 0 Å². The zero-order chi connectivity index (χ0) is 11.6. The molecular formula is C9H7ClF3NO. The normalized spacial score (nSPS) is 11.5. The van der Waals surface area contributed by atoms with Gasteiger partial charge in [0.1, 0.15) is 6.42 Å². The van der Waals surface area contributed by atoms with Gasteiger partial charge in [0.15, 0.2) is 5.78 Å². The number of hydrogen-bond donors (Lipinski definition) is 1. The second kappa shape index (κ2) is 4.10. The fourth-order valence-electron chi connectivity index (χ4n) is 0.985. The number of carbonyl (C=O) groups excluding carboxylic acids is 1. The monoisotopic (exact) mass is 237 g/mol. The number of rotatable bonds is 2. The van der Waals surface area contributed by atoms with Crippen LogP contribution in [-0.4, -0.2) is 12.0 Å². The molecule has 0 aliphatic carbocycles. The molecule has 2 N–H and O–H groups in total. The van der Waals surface area contributed by atoms with Crippen molar-refractivity contribution in [3.05, 3.63) is 28.8 Å². The van der Waals surface area contributed by atoms with Gasteiger partial charge in [0, 0.05) is 5.56 Å². The molecule has 6 heteroatoms. The van der Waals surface area contributed by atoms with Crippen LogP contribution in [0.1, 0.15) is 16.8 Å². The van der Waals surface area contributed by atoms with Crippen LogP contribution in [0.15, 0.2) is 18.2 Å². The molecule has 0 spiro atoms. The van der Waals surface area contributed by atoms with E-state index < -0.39 is 18.4 Å². The Labute approximate surface area is 88.8 Å². The number of Topliss-reactive ketones (excluding diaryl/α,β-unsaturated/α-hetero) is 1. The highest BCUT2D eigenvalue weighted by Crippen LogP contribution is 2.25. The molecule has 0 amide bonds. The Hall–Kier alpha value is -1.23. The van der Waals surface area contributed by atoms with Gasteiger partial charge in [0.25, 0.3) is 0 Å². The first-order valence-electron chi connectivity index (χ1n) is 3.94. The highest BCUT2D eigenvalue weighted by molar-refractivity contribution is 6.33. The predicted octanol–water partition coefficient (Wildman–Crippen LogP) is 3.06. The van der Waals surface area contributed by atoms with Gasteiger partial charge in [-0.1, -0.05) is 11.6 Å². The zero-order valence-electron chi connectivity index (χ0n) is 7.44. The molecule has 1 aromatic rings. The molecule has 1 aromatic carbocycles. The molecule has 0 radical (unpaired) electrons. The largest absolute Gasteiger partial charge is 0.398 e. The molecule has 0 aliphatic heterocycles. The minimum Gasteiger partial charge on any atom is -0.398 e. The van der Waals surface area contributed by atoms with E-state index in [0.717, 1.165) is 6.07 Å². The third-order valence-corrected chi connectivity index (χ3v) is 2.01. The van der Waals surface area contributed by atoms with E-state index in [0.29, 0.717) is 0 Å².